The van der Waals surface area contributed by atoms with E-state index in [9.17, 15) is 4.79 Å². The zero-order valence-electron chi connectivity index (χ0n) is 18.1. The molecule has 1 aromatic heterocycles. The Hall–Kier alpha value is -2.42. The number of ether oxygens (including phenoxy) is 3. The molecule has 3 rings (SSSR count). The van der Waals surface area contributed by atoms with Crippen molar-refractivity contribution in [1.29, 1.82) is 0 Å². The summed E-state index contributed by atoms with van der Waals surface area (Å²) in [4.78, 5) is 12.4. The van der Waals surface area contributed by atoms with Crippen LogP contribution in [0.2, 0.25) is 0 Å². The Kier molecular flexibility index (Phi) is 7.47. The molecule has 8 nitrogen and oxygen atoms in total. The normalized spacial score (nSPS) is 21.2. The van der Waals surface area contributed by atoms with E-state index in [0.29, 0.717) is 45.8 Å². The van der Waals surface area contributed by atoms with E-state index in [1.807, 2.05) is 0 Å². The number of amides is 1. The molecule has 30 heavy (non-hydrogen) atoms. The summed E-state index contributed by atoms with van der Waals surface area (Å²) >= 11 is 1.22. The van der Waals surface area contributed by atoms with Gasteiger partial charge >= 0.3 is 0 Å². The average Bonchev–Trinajstić information content (AvgIpc) is 3.23. The van der Waals surface area contributed by atoms with Gasteiger partial charge in [-0.15, -0.1) is 10.2 Å². The summed E-state index contributed by atoms with van der Waals surface area (Å²) in [6.45, 7) is 4.46. The minimum absolute atomic E-state index is 0.0153. The fourth-order valence-corrected chi connectivity index (χ4v) is 4.33. The van der Waals surface area contributed by atoms with Crippen molar-refractivity contribution in [2.75, 3.05) is 27.1 Å². The zero-order chi connectivity index (χ0) is 21.7. The van der Waals surface area contributed by atoms with Gasteiger partial charge in [0.2, 0.25) is 17.5 Å². The molecule has 1 heterocycles. The van der Waals surface area contributed by atoms with E-state index in [4.69, 9.17) is 18.6 Å². The first kappa shape index (κ1) is 22.3. The molecule has 1 aliphatic carbocycles. The van der Waals surface area contributed by atoms with Gasteiger partial charge in [-0.25, -0.2) is 0 Å². The van der Waals surface area contributed by atoms with Crippen molar-refractivity contribution in [3.63, 3.8) is 0 Å². The molecule has 0 radical (unpaired) electrons. The standard InChI is InChI=1S/C21H29N3O5S/c1-12-7-6-8-15(13(12)2)22-18(25)11-30-21-24-23-20(29-21)14-9-16(26-3)19(28-5)17(10-14)27-4/h9-10,12-13,15H,6-8,11H2,1-5H3,(H,22,25)/t12-,13+,15+/m0/s1. The van der Waals surface area contributed by atoms with Gasteiger partial charge in [0, 0.05) is 11.6 Å². The molecule has 1 aliphatic rings. The van der Waals surface area contributed by atoms with Crippen LogP contribution in [-0.4, -0.2) is 49.2 Å². The van der Waals surface area contributed by atoms with Crippen LogP contribution in [0.3, 0.4) is 0 Å². The number of nitrogens with one attached hydrogen (secondary N) is 1. The van der Waals surface area contributed by atoms with Crippen molar-refractivity contribution in [3.05, 3.63) is 12.1 Å². The largest absolute Gasteiger partial charge is 0.493 e. The second kappa shape index (κ2) is 10.1. The number of methoxy groups -OCH3 is 3. The van der Waals surface area contributed by atoms with Gasteiger partial charge in [0.1, 0.15) is 0 Å². The van der Waals surface area contributed by atoms with E-state index in [-0.39, 0.29) is 17.7 Å². The van der Waals surface area contributed by atoms with Crippen LogP contribution in [0.25, 0.3) is 11.5 Å². The van der Waals surface area contributed by atoms with Gasteiger partial charge in [0.25, 0.3) is 5.22 Å². The summed E-state index contributed by atoms with van der Waals surface area (Å²) < 4.78 is 21.8. The monoisotopic (exact) mass is 435 g/mol. The highest BCUT2D eigenvalue weighted by molar-refractivity contribution is 7.99. The number of hydrogen-bond acceptors (Lipinski definition) is 8. The Bertz CT molecular complexity index is 847. The number of carbonyl (C=O) groups is 1. The van der Waals surface area contributed by atoms with Crippen LogP contribution in [0.1, 0.15) is 33.1 Å². The van der Waals surface area contributed by atoms with Gasteiger partial charge in [-0.05, 0) is 30.4 Å². The van der Waals surface area contributed by atoms with Crippen molar-refractivity contribution in [3.8, 4) is 28.7 Å². The first-order chi connectivity index (χ1) is 14.5. The highest BCUT2D eigenvalue weighted by atomic mass is 32.2. The number of thioether (sulfide) groups is 1. The maximum absolute atomic E-state index is 12.4. The Morgan fingerprint density at radius 1 is 1.13 bits per heavy atom. The third-order valence-electron chi connectivity index (χ3n) is 5.70. The van der Waals surface area contributed by atoms with Gasteiger partial charge in [-0.2, -0.15) is 0 Å². The van der Waals surface area contributed by atoms with Crippen LogP contribution >= 0.6 is 11.8 Å². The van der Waals surface area contributed by atoms with Crippen molar-refractivity contribution in [2.24, 2.45) is 11.8 Å². The number of nitrogens with zero attached hydrogens (tertiary/aromatic N) is 2. The topological polar surface area (TPSA) is 95.7 Å². The van der Waals surface area contributed by atoms with Gasteiger partial charge < -0.3 is 23.9 Å². The molecule has 1 N–H and O–H groups in total. The molecule has 1 saturated carbocycles. The highest BCUT2D eigenvalue weighted by Gasteiger charge is 2.28. The Labute approximate surface area is 181 Å². The molecule has 0 bridgehead atoms. The lowest BCUT2D eigenvalue weighted by atomic mass is 9.78. The van der Waals surface area contributed by atoms with E-state index in [1.54, 1.807) is 33.5 Å². The third-order valence-corrected chi connectivity index (χ3v) is 6.52. The van der Waals surface area contributed by atoms with E-state index >= 15 is 0 Å². The quantitative estimate of drug-likeness (QED) is 0.626. The molecule has 1 aromatic carbocycles. The lowest BCUT2D eigenvalue weighted by Gasteiger charge is -2.34. The van der Waals surface area contributed by atoms with Crippen LogP contribution in [0.5, 0.6) is 17.2 Å². The second-order valence-electron chi connectivity index (χ2n) is 7.52. The fourth-order valence-electron chi connectivity index (χ4n) is 3.75. The Balaban J connectivity index is 1.63. The molecule has 0 spiro atoms. The number of rotatable bonds is 8. The molecule has 0 unspecified atom stereocenters. The second-order valence-corrected chi connectivity index (χ2v) is 8.44. The molecular weight excluding hydrogens is 406 g/mol. The maximum atomic E-state index is 12.4. The molecule has 0 aliphatic heterocycles. The van der Waals surface area contributed by atoms with Crippen LogP contribution in [0.4, 0.5) is 0 Å². The zero-order valence-corrected chi connectivity index (χ0v) is 18.9. The Morgan fingerprint density at radius 3 is 2.47 bits per heavy atom. The van der Waals surface area contributed by atoms with Crippen molar-refractivity contribution < 1.29 is 23.4 Å². The van der Waals surface area contributed by atoms with Gasteiger partial charge in [0.15, 0.2) is 11.5 Å². The van der Waals surface area contributed by atoms with Crippen LogP contribution < -0.4 is 19.5 Å². The average molecular weight is 436 g/mol. The van der Waals surface area contributed by atoms with Crippen molar-refractivity contribution in [1.82, 2.24) is 15.5 Å². The SMILES string of the molecule is COc1cc(-c2nnc(SCC(=O)N[C@@H]3CCC[C@H](C)[C@H]3C)o2)cc(OC)c1OC. The minimum atomic E-state index is -0.0153. The van der Waals surface area contributed by atoms with Gasteiger partial charge in [0.05, 0.1) is 27.1 Å². The first-order valence-electron chi connectivity index (χ1n) is 10.0. The molecular formula is C21H29N3O5S. The molecule has 0 saturated heterocycles. The molecule has 2 aromatic rings. The fraction of sp³-hybridized carbons (Fsp3) is 0.571. The minimum Gasteiger partial charge on any atom is -0.493 e. The molecule has 1 amide bonds. The smallest absolute Gasteiger partial charge is 0.277 e. The maximum Gasteiger partial charge on any atom is 0.277 e. The predicted molar refractivity (Wildman–Crippen MR) is 114 cm³/mol. The molecule has 3 atom stereocenters. The highest BCUT2D eigenvalue weighted by Crippen LogP contribution is 2.41. The van der Waals surface area contributed by atoms with E-state index in [0.717, 1.165) is 12.8 Å². The Morgan fingerprint density at radius 2 is 1.83 bits per heavy atom. The summed E-state index contributed by atoms with van der Waals surface area (Å²) in [7, 11) is 4.63. The lowest BCUT2D eigenvalue weighted by Crippen LogP contribution is -2.44. The summed E-state index contributed by atoms with van der Waals surface area (Å²) in [5, 5.41) is 11.6. The van der Waals surface area contributed by atoms with Gasteiger partial charge in [-0.3, -0.25) is 4.79 Å². The van der Waals surface area contributed by atoms with Crippen molar-refractivity contribution in [2.45, 2.75) is 44.4 Å². The molecule has 1 fully saturated rings. The summed E-state index contributed by atoms with van der Waals surface area (Å²) in [5.74, 6) is 3.13. The summed E-state index contributed by atoms with van der Waals surface area (Å²) in [6.07, 6.45) is 3.42. The molecule has 9 heteroatoms. The van der Waals surface area contributed by atoms with E-state index in [1.165, 1.54) is 18.2 Å². The number of hydrogen-bond donors (Lipinski definition) is 1. The predicted octanol–water partition coefficient (Wildman–Crippen LogP) is 3.80. The lowest BCUT2D eigenvalue weighted by molar-refractivity contribution is -0.120. The number of aromatic nitrogens is 2. The number of carbonyl (C=O) groups excluding carboxylic acids is 1. The van der Waals surface area contributed by atoms with Crippen LogP contribution in [0.15, 0.2) is 21.8 Å². The van der Waals surface area contributed by atoms with Crippen LogP contribution in [-0.2, 0) is 4.79 Å². The van der Waals surface area contributed by atoms with E-state index in [2.05, 4.69) is 29.4 Å². The molecule has 164 valence electrons. The van der Waals surface area contributed by atoms with Gasteiger partial charge in [-0.1, -0.05) is 38.5 Å². The van der Waals surface area contributed by atoms with Crippen molar-refractivity contribution >= 4 is 17.7 Å². The van der Waals surface area contributed by atoms with E-state index < -0.39 is 0 Å². The summed E-state index contributed by atoms with van der Waals surface area (Å²) in [5.41, 5.74) is 0.637. The first-order valence-corrected chi connectivity index (χ1v) is 11.0. The summed E-state index contributed by atoms with van der Waals surface area (Å²) in [6, 6.07) is 3.71. The number of benzene rings is 1. The third kappa shape index (κ3) is 5.00. The van der Waals surface area contributed by atoms with Crippen LogP contribution in [0, 0.1) is 11.8 Å².